The van der Waals surface area contributed by atoms with E-state index in [9.17, 15) is 0 Å². The predicted octanol–water partition coefficient (Wildman–Crippen LogP) is 13.7. The Morgan fingerprint density at radius 3 is 1.26 bits per heavy atom. The zero-order valence-electron chi connectivity index (χ0n) is 29.1. The predicted molar refractivity (Wildman–Crippen MR) is 207 cm³/mol. The average Bonchev–Trinajstić information content (AvgIpc) is 3.55. The fourth-order valence-corrected chi connectivity index (χ4v) is 37.7. The van der Waals surface area contributed by atoms with E-state index in [1.54, 1.807) is 22.3 Å². The van der Waals surface area contributed by atoms with Gasteiger partial charge >= 0.3 is 279 Å². The van der Waals surface area contributed by atoms with Gasteiger partial charge in [0.1, 0.15) is 0 Å². The molecule has 0 aromatic heterocycles. The Morgan fingerprint density at radius 1 is 0.553 bits per heavy atom. The number of aryl methyl sites for hydroxylation is 2. The molecule has 0 nitrogen and oxygen atoms in total. The Morgan fingerprint density at radius 2 is 0.936 bits per heavy atom. The molecule has 2 unspecified atom stereocenters. The van der Waals surface area contributed by atoms with Crippen molar-refractivity contribution >= 4 is 37.0 Å². The number of benzene rings is 4. The molecule has 1 fully saturated rings. The van der Waals surface area contributed by atoms with Crippen molar-refractivity contribution in [2.24, 2.45) is 11.8 Å². The van der Waals surface area contributed by atoms with Gasteiger partial charge in [0, 0.05) is 0 Å². The van der Waals surface area contributed by atoms with Crippen LogP contribution in [-0.2, 0) is 32.8 Å². The monoisotopic (exact) mass is 830 g/mol. The van der Waals surface area contributed by atoms with Gasteiger partial charge in [0.2, 0.25) is 0 Å². The van der Waals surface area contributed by atoms with Crippen molar-refractivity contribution in [2.45, 2.75) is 82.9 Å². The minimum Gasteiger partial charge on any atom is -0.147 e. The minimum absolute atomic E-state index is 0. The quantitative estimate of drug-likeness (QED) is 0.140. The van der Waals surface area contributed by atoms with Crippen LogP contribution < -0.4 is 0 Å². The van der Waals surface area contributed by atoms with Gasteiger partial charge in [-0.05, 0) is 0 Å². The molecule has 3 aliphatic rings. The van der Waals surface area contributed by atoms with Crippen LogP contribution in [0.3, 0.4) is 0 Å². The SMILES string of the molecule is CCCc1ccc(-c2cccc3c2C=C(C(C)C)[CH]3[Hf]2([CH]3C(C(C)C)=Cc4c(-c5ccc(CCC)cc5)cccc43)[CH2][CH2]2)cc1.Cl.Cl. The first-order valence-electron chi connectivity index (χ1n) is 17.7. The number of rotatable bonds is 10. The second kappa shape index (κ2) is 14.7. The van der Waals surface area contributed by atoms with Gasteiger partial charge in [-0.15, -0.1) is 24.8 Å². The number of hydrogen-bond acceptors (Lipinski definition) is 0. The first-order valence-corrected chi connectivity index (χ1v) is 27.0. The molecule has 1 heterocycles. The summed E-state index contributed by atoms with van der Waals surface area (Å²) < 4.78 is 4.39. The molecule has 246 valence electrons. The maximum Gasteiger partial charge on any atom is -0.147 e. The van der Waals surface area contributed by atoms with E-state index in [2.05, 4.69) is 139 Å². The zero-order chi connectivity index (χ0) is 31.3. The summed E-state index contributed by atoms with van der Waals surface area (Å²) in [5, 5.41) is 0. The van der Waals surface area contributed by atoms with Crippen molar-refractivity contribution in [1.82, 2.24) is 0 Å². The van der Waals surface area contributed by atoms with E-state index in [4.69, 9.17) is 0 Å². The molecule has 1 aliphatic heterocycles. The molecule has 0 bridgehead atoms. The van der Waals surface area contributed by atoms with Crippen molar-refractivity contribution in [3.63, 3.8) is 0 Å². The van der Waals surface area contributed by atoms with E-state index < -0.39 is 20.0 Å². The molecule has 4 aromatic rings. The van der Waals surface area contributed by atoms with Crippen LogP contribution in [0.5, 0.6) is 0 Å². The van der Waals surface area contributed by atoms with E-state index in [1.807, 2.05) is 0 Å². The van der Waals surface area contributed by atoms with Gasteiger partial charge in [-0.3, -0.25) is 0 Å². The number of halogens is 2. The van der Waals surface area contributed by atoms with Gasteiger partial charge in [-0.2, -0.15) is 0 Å². The summed E-state index contributed by atoms with van der Waals surface area (Å²) >= 11 is -2.96. The van der Waals surface area contributed by atoms with Crippen molar-refractivity contribution in [3.8, 4) is 22.3 Å². The van der Waals surface area contributed by atoms with Gasteiger partial charge in [-0.1, -0.05) is 0 Å². The molecule has 3 heteroatoms. The van der Waals surface area contributed by atoms with Crippen molar-refractivity contribution in [1.29, 1.82) is 0 Å². The van der Waals surface area contributed by atoms with Crippen LogP contribution in [0, 0.1) is 11.8 Å². The molecule has 2 atom stereocenters. The Hall–Kier alpha value is -2.19. The Labute approximate surface area is 301 Å². The van der Waals surface area contributed by atoms with Crippen LogP contribution >= 0.6 is 24.8 Å². The average molecular weight is 830 g/mol. The summed E-state index contributed by atoms with van der Waals surface area (Å²) in [5.74, 6) is 1.14. The summed E-state index contributed by atoms with van der Waals surface area (Å²) in [6, 6.07) is 33.4. The van der Waals surface area contributed by atoms with Gasteiger partial charge in [-0.25, -0.2) is 0 Å². The molecule has 0 saturated carbocycles. The summed E-state index contributed by atoms with van der Waals surface area (Å²) in [5.41, 5.74) is 18.3. The first-order chi connectivity index (χ1) is 21.9. The molecule has 1 saturated heterocycles. The van der Waals surface area contributed by atoms with Crippen molar-refractivity contribution in [3.05, 3.63) is 129 Å². The number of allylic oxidation sites excluding steroid dienone is 2. The normalized spacial score (nSPS) is 18.6. The molecular weight excluding hydrogens is 778 g/mol. The maximum absolute atomic E-state index is 2.96. The molecule has 0 N–H and O–H groups in total. The Bertz CT molecular complexity index is 1640. The smallest absolute Gasteiger partial charge is 0.147 e. The molecular formula is C44H52Cl2Hf. The number of fused-ring (bicyclic) bond motifs is 2. The first kappa shape index (κ1) is 36.1. The fourth-order valence-electron chi connectivity index (χ4n) is 8.81. The van der Waals surface area contributed by atoms with Crippen LogP contribution in [0.2, 0.25) is 8.35 Å². The second-order valence-corrected chi connectivity index (χ2v) is 31.3. The molecule has 0 amide bonds. The van der Waals surface area contributed by atoms with E-state index in [0.29, 0.717) is 19.2 Å². The van der Waals surface area contributed by atoms with E-state index in [-0.39, 0.29) is 24.8 Å². The molecule has 2 aliphatic carbocycles. The standard InChI is InChI=1S/2C21H23.C2H4.2ClH.Hf/c2*1-4-6-16-9-11-17(12-10-16)20-8-5-7-18-13-19(15(2)3)14-21(18)20;1-2;;;/h2*5,7-15H,4,6H2,1-3H3;1-2H2;2*1H;. The third-order valence-electron chi connectivity index (χ3n) is 11.1. The second-order valence-electron chi connectivity index (χ2n) is 14.7. The summed E-state index contributed by atoms with van der Waals surface area (Å²) in [4.78, 5) is 0. The van der Waals surface area contributed by atoms with Gasteiger partial charge in [0.05, 0.1) is 0 Å². The maximum atomic E-state index is 2.66. The van der Waals surface area contributed by atoms with Crippen LogP contribution in [0.15, 0.2) is 96.1 Å². The largest absolute Gasteiger partial charge is 0.147 e. The van der Waals surface area contributed by atoms with E-state index in [1.165, 1.54) is 65.7 Å². The van der Waals surface area contributed by atoms with Gasteiger partial charge in [0.15, 0.2) is 0 Å². The van der Waals surface area contributed by atoms with Crippen LogP contribution in [0.1, 0.15) is 95.1 Å². The Balaban J connectivity index is 0.00000217. The Kier molecular flexibility index (Phi) is 11.3. The molecule has 4 aromatic carbocycles. The van der Waals surface area contributed by atoms with Gasteiger partial charge < -0.3 is 0 Å². The third kappa shape index (κ3) is 6.47. The molecule has 0 radical (unpaired) electrons. The molecule has 0 spiro atoms. The van der Waals surface area contributed by atoms with Crippen molar-refractivity contribution < 1.29 is 20.0 Å². The molecule has 7 rings (SSSR count). The van der Waals surface area contributed by atoms with Crippen LogP contribution in [0.25, 0.3) is 34.4 Å². The zero-order valence-corrected chi connectivity index (χ0v) is 34.3. The van der Waals surface area contributed by atoms with Crippen LogP contribution in [-0.4, -0.2) is 0 Å². The fraction of sp³-hybridized carbons (Fsp3) is 0.364. The summed E-state index contributed by atoms with van der Waals surface area (Å²) in [6.45, 7) is 14.4. The summed E-state index contributed by atoms with van der Waals surface area (Å²) in [6.07, 6.45) is 10.0. The van der Waals surface area contributed by atoms with E-state index >= 15 is 0 Å². The summed E-state index contributed by atoms with van der Waals surface area (Å²) in [7, 11) is 0. The number of hydrogen-bond donors (Lipinski definition) is 0. The van der Waals surface area contributed by atoms with E-state index in [0.717, 1.165) is 12.8 Å². The minimum atomic E-state index is -2.96. The third-order valence-corrected chi connectivity index (χ3v) is 29.9. The van der Waals surface area contributed by atoms with Gasteiger partial charge in [0.25, 0.3) is 0 Å². The molecule has 47 heavy (non-hydrogen) atoms. The van der Waals surface area contributed by atoms with Crippen molar-refractivity contribution in [2.75, 3.05) is 0 Å². The topological polar surface area (TPSA) is 0 Å². The van der Waals surface area contributed by atoms with Crippen LogP contribution in [0.4, 0.5) is 0 Å².